The van der Waals surface area contributed by atoms with Gasteiger partial charge in [-0.1, -0.05) is 0 Å². The lowest BCUT2D eigenvalue weighted by Gasteiger charge is -2.19. The Morgan fingerprint density at radius 2 is 1.42 bits per heavy atom. The molecule has 0 heterocycles. The predicted molar refractivity (Wildman–Crippen MR) is 91.7 cm³/mol. The molecule has 26 heavy (non-hydrogen) atoms. The fraction of sp³-hybridized carbons (Fsp3) is 0.133. The van der Waals surface area contributed by atoms with E-state index in [0.29, 0.717) is 6.07 Å². The van der Waals surface area contributed by atoms with Gasteiger partial charge in [-0.15, -0.1) is 0 Å². The summed E-state index contributed by atoms with van der Waals surface area (Å²) < 4.78 is 31.4. The Morgan fingerprint density at radius 1 is 0.923 bits per heavy atom. The third-order valence-corrected chi connectivity index (χ3v) is 5.42. The molecule has 9 nitrogen and oxygen atoms in total. The van der Waals surface area contributed by atoms with E-state index in [1.807, 2.05) is 0 Å². The molecule has 0 aliphatic carbocycles. The summed E-state index contributed by atoms with van der Waals surface area (Å²) >= 11 is 1.05. The fourth-order valence-corrected chi connectivity index (χ4v) is 3.86. The summed E-state index contributed by atoms with van der Waals surface area (Å²) in [5.41, 5.74) is -0.533. The molecule has 6 N–H and O–H groups in total. The molecule has 0 fully saturated rings. The number of phenolic OH excluding ortho intramolecular Hbond substituents is 3. The van der Waals surface area contributed by atoms with Gasteiger partial charge in [0.05, 0.1) is 5.25 Å². The summed E-state index contributed by atoms with van der Waals surface area (Å²) in [6.45, 7) is 0. The van der Waals surface area contributed by atoms with Gasteiger partial charge in [-0.25, -0.2) is 4.79 Å². The molecule has 0 bridgehead atoms. The highest BCUT2D eigenvalue weighted by Gasteiger charge is 2.26. The molecule has 0 saturated heterocycles. The molecule has 1 unspecified atom stereocenters. The topological polar surface area (TPSA) is 173 Å². The van der Waals surface area contributed by atoms with Crippen molar-refractivity contribution in [3.8, 4) is 23.0 Å². The lowest BCUT2D eigenvalue weighted by Crippen LogP contribution is -2.04. The zero-order valence-electron chi connectivity index (χ0n) is 13.1. The minimum atomic E-state index is -4.77. The molecule has 0 aliphatic heterocycles. The number of benzene rings is 2. The molecule has 0 spiro atoms. The molecule has 1 atom stereocenters. The number of hydrogen-bond acceptors (Lipinski definition) is 8. The lowest BCUT2D eigenvalue weighted by molar-refractivity contribution is 0.0693. The molecule has 0 amide bonds. The van der Waals surface area contributed by atoms with Crippen LogP contribution in [0.5, 0.6) is 23.0 Å². The van der Waals surface area contributed by atoms with Crippen LogP contribution in [0.1, 0.15) is 26.7 Å². The predicted octanol–water partition coefficient (Wildman–Crippen LogP) is 1.91. The third-order valence-electron chi connectivity index (χ3n) is 3.56. The Bertz CT molecular complexity index is 983. The van der Waals surface area contributed by atoms with Crippen molar-refractivity contribution in [1.82, 2.24) is 0 Å². The molecule has 0 radical (unpaired) electrons. The van der Waals surface area contributed by atoms with E-state index < -0.39 is 54.8 Å². The van der Waals surface area contributed by atoms with Gasteiger partial charge in [-0.05, 0) is 24.5 Å². The minimum absolute atomic E-state index is 0.0225. The monoisotopic (exact) mass is 402 g/mol. The van der Waals surface area contributed by atoms with Gasteiger partial charge in [0.15, 0.2) is 0 Å². The second-order valence-corrected chi connectivity index (χ2v) is 7.54. The number of hydrogen-bond donors (Lipinski definition) is 6. The Labute approximate surface area is 151 Å². The van der Waals surface area contributed by atoms with Gasteiger partial charge in [-0.3, -0.25) is 4.55 Å². The van der Waals surface area contributed by atoms with Crippen LogP contribution in [0, 0.1) is 0 Å². The number of thioether (sulfide) groups is 1. The maximum absolute atomic E-state index is 11.2. The van der Waals surface area contributed by atoms with Crippen LogP contribution in [0.25, 0.3) is 0 Å². The van der Waals surface area contributed by atoms with Crippen LogP contribution >= 0.6 is 11.8 Å². The highest BCUT2D eigenvalue weighted by atomic mass is 32.2. The van der Waals surface area contributed by atoms with Crippen LogP contribution in [-0.4, -0.2) is 50.7 Å². The summed E-state index contributed by atoms with van der Waals surface area (Å²) in [6.07, 6.45) is 1.57. The first-order valence-corrected chi connectivity index (χ1v) is 9.55. The first-order chi connectivity index (χ1) is 12.0. The van der Waals surface area contributed by atoms with Crippen LogP contribution in [0.3, 0.4) is 0 Å². The highest BCUT2D eigenvalue weighted by Crippen LogP contribution is 2.46. The standard InChI is InChI=1S/C15H14O9S2/c1-25-14(6-2-10(17)8(15(20)21)4-9(6)16)7-3-12(19)13(5-11(7)18)26(22,23)24/h2-5,14,16-19H,1H3,(H,20,21)(H,22,23,24). The van der Waals surface area contributed by atoms with Crippen molar-refractivity contribution in [3.63, 3.8) is 0 Å². The van der Waals surface area contributed by atoms with E-state index in [-0.39, 0.29) is 11.1 Å². The molecule has 0 aliphatic rings. The number of carboxylic acid groups (broad SMARTS) is 1. The van der Waals surface area contributed by atoms with Gasteiger partial charge >= 0.3 is 5.97 Å². The molecular formula is C15H14O9S2. The van der Waals surface area contributed by atoms with Gasteiger partial charge in [0.1, 0.15) is 33.5 Å². The van der Waals surface area contributed by atoms with Crippen molar-refractivity contribution < 1.29 is 43.3 Å². The third kappa shape index (κ3) is 3.64. The SMILES string of the molecule is CSC(c1cc(O)c(C(=O)O)cc1O)c1cc(O)c(S(=O)(=O)O)cc1O. The summed E-state index contributed by atoms with van der Waals surface area (Å²) in [6, 6.07) is 3.36. The lowest BCUT2D eigenvalue weighted by atomic mass is 10.00. The van der Waals surface area contributed by atoms with Crippen molar-refractivity contribution in [2.45, 2.75) is 10.1 Å². The van der Waals surface area contributed by atoms with Crippen LogP contribution in [0.15, 0.2) is 29.2 Å². The Balaban J connectivity index is 2.65. The average Bonchev–Trinajstić information content (AvgIpc) is 2.52. The van der Waals surface area contributed by atoms with Crippen LogP contribution in [-0.2, 0) is 10.1 Å². The molecule has 2 rings (SSSR count). The first-order valence-electron chi connectivity index (χ1n) is 6.82. The highest BCUT2D eigenvalue weighted by molar-refractivity contribution is 7.99. The number of carboxylic acids is 1. The number of phenols is 4. The summed E-state index contributed by atoms with van der Waals surface area (Å²) in [5.74, 6) is -4.00. The van der Waals surface area contributed by atoms with E-state index in [2.05, 4.69) is 0 Å². The number of aromatic carboxylic acids is 1. The van der Waals surface area contributed by atoms with Gasteiger partial charge in [0.25, 0.3) is 10.1 Å². The van der Waals surface area contributed by atoms with E-state index in [1.165, 1.54) is 0 Å². The van der Waals surface area contributed by atoms with Crippen LogP contribution in [0.2, 0.25) is 0 Å². The smallest absolute Gasteiger partial charge is 0.339 e. The van der Waals surface area contributed by atoms with E-state index in [1.54, 1.807) is 6.26 Å². The number of aromatic hydroxyl groups is 4. The van der Waals surface area contributed by atoms with Gasteiger partial charge in [-0.2, -0.15) is 20.2 Å². The van der Waals surface area contributed by atoms with Crippen molar-refractivity contribution in [1.29, 1.82) is 0 Å². The zero-order chi connectivity index (χ0) is 19.8. The summed E-state index contributed by atoms with van der Waals surface area (Å²) in [4.78, 5) is 10.1. The number of rotatable bonds is 5. The number of carbonyl (C=O) groups is 1. The fourth-order valence-electron chi connectivity index (χ4n) is 2.39. The van der Waals surface area contributed by atoms with Crippen molar-refractivity contribution >= 4 is 27.8 Å². The second-order valence-electron chi connectivity index (χ2n) is 5.20. The van der Waals surface area contributed by atoms with E-state index >= 15 is 0 Å². The maximum atomic E-state index is 11.2. The van der Waals surface area contributed by atoms with Crippen molar-refractivity contribution in [3.05, 3.63) is 41.0 Å². The van der Waals surface area contributed by atoms with Crippen LogP contribution < -0.4 is 0 Å². The second kappa shape index (κ2) is 6.94. The van der Waals surface area contributed by atoms with Gasteiger partial charge in [0.2, 0.25) is 0 Å². The normalized spacial score (nSPS) is 12.7. The van der Waals surface area contributed by atoms with Gasteiger partial charge < -0.3 is 25.5 Å². The largest absolute Gasteiger partial charge is 0.508 e. The summed E-state index contributed by atoms with van der Waals surface area (Å²) in [7, 11) is -4.77. The van der Waals surface area contributed by atoms with E-state index in [0.717, 1.165) is 30.0 Å². The Morgan fingerprint density at radius 3 is 1.88 bits per heavy atom. The van der Waals surface area contributed by atoms with E-state index in [9.17, 15) is 33.6 Å². The molecule has 140 valence electrons. The maximum Gasteiger partial charge on any atom is 0.339 e. The average molecular weight is 402 g/mol. The Hall–Kier alpha value is -2.63. The molecule has 11 heteroatoms. The first kappa shape index (κ1) is 19.7. The molecular weight excluding hydrogens is 388 g/mol. The Kier molecular flexibility index (Phi) is 5.26. The molecule has 2 aromatic carbocycles. The molecule has 0 saturated carbocycles. The zero-order valence-corrected chi connectivity index (χ0v) is 14.7. The minimum Gasteiger partial charge on any atom is -0.508 e. The van der Waals surface area contributed by atoms with Crippen LogP contribution in [0.4, 0.5) is 0 Å². The quantitative estimate of drug-likeness (QED) is 0.320. The molecule has 2 aromatic rings. The van der Waals surface area contributed by atoms with E-state index in [4.69, 9.17) is 9.66 Å². The summed E-state index contributed by atoms with van der Waals surface area (Å²) in [5, 5.41) is 47.9. The van der Waals surface area contributed by atoms with Crippen molar-refractivity contribution in [2.24, 2.45) is 0 Å². The van der Waals surface area contributed by atoms with Gasteiger partial charge in [0, 0.05) is 17.2 Å². The van der Waals surface area contributed by atoms with Crippen molar-refractivity contribution in [2.75, 3.05) is 6.26 Å². The molecule has 0 aromatic heterocycles.